The standard InChI is InChI=1S/C22H24N4O6/c1-13-6-2-4-8-15(13)24-22(30)25-17(27)11-31-18(28)10-26-12-23-19-14-7-3-5-9-16(14)32-20(19)21(26)29/h3,5,7,9,12-13,15H,2,4,6,8,10-11H2,1H3,(H2,24,25,27,30). The van der Waals surface area contributed by atoms with Gasteiger partial charge in [-0.05, 0) is 30.9 Å². The summed E-state index contributed by atoms with van der Waals surface area (Å²) in [5, 5.41) is 5.64. The van der Waals surface area contributed by atoms with Gasteiger partial charge in [0.2, 0.25) is 5.58 Å². The molecule has 1 fully saturated rings. The van der Waals surface area contributed by atoms with Crippen molar-refractivity contribution in [1.29, 1.82) is 0 Å². The number of hydrogen-bond acceptors (Lipinski definition) is 7. The number of ether oxygens (including phenoxy) is 1. The van der Waals surface area contributed by atoms with Crippen LogP contribution < -0.4 is 16.2 Å². The van der Waals surface area contributed by atoms with E-state index in [0.29, 0.717) is 22.4 Å². The van der Waals surface area contributed by atoms with Gasteiger partial charge >= 0.3 is 12.0 Å². The second kappa shape index (κ2) is 9.21. The Hall–Kier alpha value is -3.69. The minimum atomic E-state index is -0.819. The minimum Gasteiger partial charge on any atom is -0.454 e. The van der Waals surface area contributed by atoms with Crippen LogP contribution in [0.3, 0.4) is 0 Å². The Morgan fingerprint density at radius 3 is 2.81 bits per heavy atom. The van der Waals surface area contributed by atoms with E-state index in [0.717, 1.165) is 30.3 Å². The summed E-state index contributed by atoms with van der Waals surface area (Å²) in [7, 11) is 0. The molecule has 2 aromatic heterocycles. The van der Waals surface area contributed by atoms with Gasteiger partial charge in [-0.1, -0.05) is 31.9 Å². The first kappa shape index (κ1) is 21.5. The van der Waals surface area contributed by atoms with Crippen LogP contribution in [0.15, 0.2) is 39.8 Å². The number of esters is 1. The molecule has 1 aliphatic carbocycles. The first-order chi connectivity index (χ1) is 15.4. The first-order valence-corrected chi connectivity index (χ1v) is 10.5. The van der Waals surface area contributed by atoms with Gasteiger partial charge in [0.05, 0.1) is 6.33 Å². The van der Waals surface area contributed by atoms with Crippen LogP contribution in [0.2, 0.25) is 0 Å². The molecular weight excluding hydrogens is 416 g/mol. The smallest absolute Gasteiger partial charge is 0.326 e. The third-order valence-corrected chi connectivity index (χ3v) is 5.70. The second-order valence-corrected chi connectivity index (χ2v) is 8.00. The SMILES string of the molecule is CC1CCCCC1NC(=O)NC(=O)COC(=O)Cn1cnc2c(oc3ccccc32)c1=O. The van der Waals surface area contributed by atoms with E-state index < -0.39 is 36.6 Å². The van der Waals surface area contributed by atoms with Crippen molar-refractivity contribution < 1.29 is 23.5 Å². The molecule has 1 saturated carbocycles. The summed E-state index contributed by atoms with van der Waals surface area (Å²) in [6.07, 6.45) is 5.31. The van der Waals surface area contributed by atoms with Gasteiger partial charge in [-0.15, -0.1) is 0 Å². The van der Waals surface area contributed by atoms with Crippen molar-refractivity contribution >= 4 is 40.0 Å². The third-order valence-electron chi connectivity index (χ3n) is 5.70. The van der Waals surface area contributed by atoms with E-state index in [1.807, 2.05) is 6.07 Å². The molecule has 2 atom stereocenters. The average Bonchev–Trinajstić information content (AvgIpc) is 3.15. The Bertz CT molecular complexity index is 1230. The molecule has 3 amide bonds. The van der Waals surface area contributed by atoms with Crippen molar-refractivity contribution in [3.63, 3.8) is 0 Å². The number of benzene rings is 1. The topological polar surface area (TPSA) is 133 Å². The van der Waals surface area contributed by atoms with Gasteiger partial charge in [0.1, 0.15) is 17.6 Å². The molecule has 0 radical (unpaired) electrons. The highest BCUT2D eigenvalue weighted by molar-refractivity contribution is 6.01. The molecule has 10 nitrogen and oxygen atoms in total. The molecular formula is C22H24N4O6. The molecule has 10 heteroatoms. The summed E-state index contributed by atoms with van der Waals surface area (Å²) in [5.41, 5.74) is 0.430. The number of amides is 3. The molecule has 0 saturated heterocycles. The predicted octanol–water partition coefficient (Wildman–Crippen LogP) is 2.09. The van der Waals surface area contributed by atoms with Crippen LogP contribution in [-0.2, 0) is 20.9 Å². The normalized spacial score (nSPS) is 18.4. The number of imide groups is 1. The van der Waals surface area contributed by atoms with Gasteiger partial charge in [-0.3, -0.25) is 24.3 Å². The van der Waals surface area contributed by atoms with Crippen LogP contribution in [-0.4, -0.2) is 40.1 Å². The summed E-state index contributed by atoms with van der Waals surface area (Å²) in [6.45, 7) is 0.979. The molecule has 1 aliphatic rings. The monoisotopic (exact) mass is 440 g/mol. The van der Waals surface area contributed by atoms with Crippen LogP contribution in [0, 0.1) is 5.92 Å². The van der Waals surface area contributed by atoms with E-state index in [2.05, 4.69) is 22.5 Å². The van der Waals surface area contributed by atoms with E-state index >= 15 is 0 Å². The Kier molecular flexibility index (Phi) is 6.20. The zero-order chi connectivity index (χ0) is 22.7. The van der Waals surface area contributed by atoms with Crippen LogP contribution in [0.5, 0.6) is 0 Å². The maximum absolute atomic E-state index is 12.6. The summed E-state index contributed by atoms with van der Waals surface area (Å²) in [4.78, 5) is 52.9. The van der Waals surface area contributed by atoms with Crippen molar-refractivity contribution in [2.45, 2.75) is 45.2 Å². The summed E-state index contributed by atoms with van der Waals surface area (Å²) >= 11 is 0. The molecule has 2 heterocycles. The predicted molar refractivity (Wildman–Crippen MR) is 115 cm³/mol. The highest BCUT2D eigenvalue weighted by Gasteiger charge is 2.23. The fraction of sp³-hybridized carbons (Fsp3) is 0.409. The van der Waals surface area contributed by atoms with E-state index in [1.54, 1.807) is 18.2 Å². The molecule has 32 heavy (non-hydrogen) atoms. The number of nitrogens with zero attached hydrogens (tertiary/aromatic N) is 2. The number of carbonyl (C=O) groups excluding carboxylic acids is 3. The zero-order valence-corrected chi connectivity index (χ0v) is 17.6. The fourth-order valence-corrected chi connectivity index (χ4v) is 3.96. The van der Waals surface area contributed by atoms with Crippen molar-refractivity contribution in [3.05, 3.63) is 40.9 Å². The molecule has 2 unspecified atom stereocenters. The average molecular weight is 440 g/mol. The second-order valence-electron chi connectivity index (χ2n) is 8.00. The largest absolute Gasteiger partial charge is 0.454 e. The number of carbonyl (C=O) groups is 3. The lowest BCUT2D eigenvalue weighted by Gasteiger charge is -2.29. The number of para-hydroxylation sites is 1. The van der Waals surface area contributed by atoms with Gasteiger partial charge in [0.25, 0.3) is 11.5 Å². The van der Waals surface area contributed by atoms with E-state index in [4.69, 9.17) is 9.15 Å². The van der Waals surface area contributed by atoms with E-state index in [1.165, 1.54) is 6.33 Å². The van der Waals surface area contributed by atoms with Crippen LogP contribution in [0.4, 0.5) is 4.79 Å². The molecule has 1 aromatic carbocycles. The van der Waals surface area contributed by atoms with Crippen molar-refractivity contribution in [1.82, 2.24) is 20.2 Å². The van der Waals surface area contributed by atoms with Gasteiger partial charge in [0, 0.05) is 11.4 Å². The Morgan fingerprint density at radius 1 is 1.22 bits per heavy atom. The lowest BCUT2D eigenvalue weighted by molar-refractivity contribution is -0.148. The molecule has 4 rings (SSSR count). The summed E-state index contributed by atoms with van der Waals surface area (Å²) in [6, 6.07) is 6.51. The number of nitrogens with one attached hydrogen (secondary N) is 2. The number of furan rings is 1. The number of urea groups is 1. The number of aromatic nitrogens is 2. The quantitative estimate of drug-likeness (QED) is 0.581. The van der Waals surface area contributed by atoms with Crippen LogP contribution >= 0.6 is 0 Å². The van der Waals surface area contributed by atoms with Gasteiger partial charge in [-0.25, -0.2) is 9.78 Å². The number of hydrogen-bond donors (Lipinski definition) is 2. The maximum Gasteiger partial charge on any atom is 0.326 e. The molecule has 0 spiro atoms. The van der Waals surface area contributed by atoms with Crippen molar-refractivity contribution in [2.75, 3.05) is 6.61 Å². The lowest BCUT2D eigenvalue weighted by atomic mass is 9.86. The van der Waals surface area contributed by atoms with Gasteiger partial charge < -0.3 is 14.5 Å². The summed E-state index contributed by atoms with van der Waals surface area (Å²) < 4.78 is 11.5. The Balaban J connectivity index is 1.31. The fourth-order valence-electron chi connectivity index (χ4n) is 3.96. The molecule has 0 bridgehead atoms. The zero-order valence-electron chi connectivity index (χ0n) is 17.6. The summed E-state index contributed by atoms with van der Waals surface area (Å²) in [5.74, 6) is -1.23. The van der Waals surface area contributed by atoms with Gasteiger partial charge in [-0.2, -0.15) is 0 Å². The molecule has 3 aromatic rings. The number of fused-ring (bicyclic) bond motifs is 3. The Labute approximate surface area is 182 Å². The molecule has 168 valence electrons. The van der Waals surface area contributed by atoms with E-state index in [9.17, 15) is 19.2 Å². The third kappa shape index (κ3) is 4.63. The highest BCUT2D eigenvalue weighted by atomic mass is 16.5. The highest BCUT2D eigenvalue weighted by Crippen LogP contribution is 2.24. The van der Waals surface area contributed by atoms with E-state index in [-0.39, 0.29) is 11.6 Å². The Morgan fingerprint density at radius 2 is 2.00 bits per heavy atom. The van der Waals surface area contributed by atoms with Crippen molar-refractivity contribution in [2.24, 2.45) is 5.92 Å². The number of rotatable bonds is 5. The van der Waals surface area contributed by atoms with Gasteiger partial charge in [0.15, 0.2) is 6.61 Å². The van der Waals surface area contributed by atoms with Crippen molar-refractivity contribution in [3.8, 4) is 0 Å². The minimum absolute atomic E-state index is 0.0200. The molecule has 0 aliphatic heterocycles. The van der Waals surface area contributed by atoms with Crippen LogP contribution in [0.1, 0.15) is 32.6 Å². The maximum atomic E-state index is 12.6. The lowest BCUT2D eigenvalue weighted by Crippen LogP contribution is -2.48. The molecule has 2 N–H and O–H groups in total. The van der Waals surface area contributed by atoms with Crippen LogP contribution in [0.25, 0.3) is 22.1 Å². The first-order valence-electron chi connectivity index (χ1n) is 10.5.